The Bertz CT molecular complexity index is 759. The van der Waals surface area contributed by atoms with Crippen molar-refractivity contribution in [1.82, 2.24) is 4.57 Å². The molecule has 0 radical (unpaired) electrons. The van der Waals surface area contributed by atoms with Crippen molar-refractivity contribution in [3.8, 4) is 5.75 Å². The van der Waals surface area contributed by atoms with Crippen molar-refractivity contribution in [3.05, 3.63) is 39.7 Å². The van der Waals surface area contributed by atoms with Gasteiger partial charge in [-0.3, -0.25) is 9.59 Å². The number of hydrogen-bond donors (Lipinski definition) is 1. The number of carboxylic acids is 1. The molecule has 0 amide bonds. The van der Waals surface area contributed by atoms with Gasteiger partial charge in [0.05, 0.1) is 18.0 Å². The van der Waals surface area contributed by atoms with E-state index in [1.807, 2.05) is 37.6 Å². The molecule has 21 heavy (non-hydrogen) atoms. The Kier molecular flexibility index (Phi) is 4.02. The number of carboxylic acid groups (broad SMARTS) is 1. The Morgan fingerprint density at radius 3 is 2.62 bits per heavy atom. The predicted octanol–water partition coefficient (Wildman–Crippen LogP) is 2.26. The molecule has 0 atom stereocenters. The molecule has 2 rings (SSSR count). The molecule has 1 heterocycles. The van der Waals surface area contributed by atoms with E-state index in [0.717, 1.165) is 5.52 Å². The zero-order valence-electron chi connectivity index (χ0n) is 12.6. The first kappa shape index (κ1) is 15.1. The van der Waals surface area contributed by atoms with Crippen LogP contribution < -0.4 is 10.2 Å². The summed E-state index contributed by atoms with van der Waals surface area (Å²) in [5.41, 5.74) is 1.52. The largest absolute Gasteiger partial charge is 0.491 e. The first-order valence-corrected chi connectivity index (χ1v) is 6.82. The highest BCUT2D eigenvalue weighted by Gasteiger charge is 2.15. The maximum absolute atomic E-state index is 12.5. The normalized spacial score (nSPS) is 11.1. The maximum Gasteiger partial charge on any atom is 0.308 e. The van der Waals surface area contributed by atoms with Crippen LogP contribution in [0.2, 0.25) is 0 Å². The van der Waals surface area contributed by atoms with Crippen LogP contribution in [0.1, 0.15) is 25.1 Å². The third-order valence-electron chi connectivity index (χ3n) is 3.49. The molecule has 5 heteroatoms. The van der Waals surface area contributed by atoms with Crippen LogP contribution in [0, 0.1) is 6.92 Å². The first-order chi connectivity index (χ1) is 9.81. The molecule has 0 aliphatic carbocycles. The maximum atomic E-state index is 12.5. The van der Waals surface area contributed by atoms with Crippen LogP contribution in [0.3, 0.4) is 0 Å². The number of hydrogen-bond acceptors (Lipinski definition) is 3. The minimum absolute atomic E-state index is 0.00948. The van der Waals surface area contributed by atoms with Gasteiger partial charge in [0.2, 0.25) is 0 Å². The van der Waals surface area contributed by atoms with Crippen LogP contribution in [0.4, 0.5) is 0 Å². The quantitative estimate of drug-likeness (QED) is 0.937. The van der Waals surface area contributed by atoms with Crippen LogP contribution in [-0.2, 0) is 18.3 Å². The predicted molar refractivity (Wildman–Crippen MR) is 81.0 cm³/mol. The average molecular weight is 289 g/mol. The Balaban J connectivity index is 2.72. The number of rotatable bonds is 4. The van der Waals surface area contributed by atoms with Gasteiger partial charge in [-0.05, 0) is 39.0 Å². The second-order valence-corrected chi connectivity index (χ2v) is 5.37. The smallest absolute Gasteiger partial charge is 0.308 e. The lowest BCUT2D eigenvalue weighted by atomic mass is 10.0. The molecule has 0 saturated heterocycles. The highest BCUT2D eigenvalue weighted by Crippen LogP contribution is 2.21. The number of carbonyl (C=O) groups is 1. The van der Waals surface area contributed by atoms with Gasteiger partial charge >= 0.3 is 5.97 Å². The van der Waals surface area contributed by atoms with Crippen LogP contribution in [0.15, 0.2) is 23.0 Å². The number of aliphatic carboxylic acids is 1. The van der Waals surface area contributed by atoms with Gasteiger partial charge in [-0.25, -0.2) is 0 Å². The summed E-state index contributed by atoms with van der Waals surface area (Å²) < 4.78 is 7.45. The van der Waals surface area contributed by atoms with E-state index in [1.54, 1.807) is 13.0 Å². The number of benzene rings is 1. The number of nitrogens with zero attached hydrogens (tertiary/aromatic N) is 1. The molecule has 112 valence electrons. The summed E-state index contributed by atoms with van der Waals surface area (Å²) in [7, 11) is 1.82. The standard InChI is InChI=1S/C16H19NO4/c1-9(2)21-11-5-6-14-13(7-11)16(20)12(8-15(18)19)10(3)17(14)4/h5-7,9H,8H2,1-4H3,(H,18,19). The highest BCUT2D eigenvalue weighted by atomic mass is 16.5. The molecule has 0 aliphatic heterocycles. The van der Waals surface area contributed by atoms with E-state index < -0.39 is 5.97 Å². The molecule has 0 fully saturated rings. The van der Waals surface area contributed by atoms with E-state index in [-0.39, 0.29) is 18.0 Å². The highest BCUT2D eigenvalue weighted by molar-refractivity contribution is 5.83. The third-order valence-corrected chi connectivity index (χ3v) is 3.49. The fourth-order valence-corrected chi connectivity index (χ4v) is 2.40. The minimum Gasteiger partial charge on any atom is -0.491 e. The van der Waals surface area contributed by atoms with Crippen LogP contribution >= 0.6 is 0 Å². The molecule has 1 aromatic heterocycles. The lowest BCUT2D eigenvalue weighted by Gasteiger charge is -2.15. The second-order valence-electron chi connectivity index (χ2n) is 5.37. The summed E-state index contributed by atoms with van der Waals surface area (Å²) in [6.07, 6.45) is -0.265. The monoisotopic (exact) mass is 289 g/mol. The van der Waals surface area contributed by atoms with Crippen molar-refractivity contribution < 1.29 is 14.6 Å². The SMILES string of the molecule is Cc1c(CC(=O)O)c(=O)c2cc(OC(C)C)ccc2n1C. The van der Waals surface area contributed by atoms with Crippen LogP contribution in [-0.4, -0.2) is 21.7 Å². The van der Waals surface area contributed by atoms with Gasteiger partial charge in [-0.2, -0.15) is 0 Å². The van der Waals surface area contributed by atoms with Crippen molar-refractivity contribution in [2.24, 2.45) is 7.05 Å². The Labute approximate surface area is 122 Å². The first-order valence-electron chi connectivity index (χ1n) is 6.82. The Hall–Kier alpha value is -2.30. The minimum atomic E-state index is -1.01. The van der Waals surface area contributed by atoms with Crippen molar-refractivity contribution in [2.45, 2.75) is 33.3 Å². The third kappa shape index (κ3) is 2.91. The van der Waals surface area contributed by atoms with E-state index in [9.17, 15) is 9.59 Å². The van der Waals surface area contributed by atoms with E-state index in [4.69, 9.17) is 9.84 Å². The van der Waals surface area contributed by atoms with E-state index in [1.165, 1.54) is 0 Å². The van der Waals surface area contributed by atoms with Gasteiger partial charge in [0, 0.05) is 23.7 Å². The van der Waals surface area contributed by atoms with Crippen molar-refractivity contribution >= 4 is 16.9 Å². The lowest BCUT2D eigenvalue weighted by molar-refractivity contribution is -0.136. The lowest BCUT2D eigenvalue weighted by Crippen LogP contribution is -2.20. The zero-order valence-corrected chi connectivity index (χ0v) is 12.6. The molecule has 2 aromatic rings. The Morgan fingerprint density at radius 1 is 1.38 bits per heavy atom. The van der Waals surface area contributed by atoms with Gasteiger partial charge in [-0.15, -0.1) is 0 Å². The van der Waals surface area contributed by atoms with Crippen molar-refractivity contribution in [1.29, 1.82) is 0 Å². The molecule has 5 nitrogen and oxygen atoms in total. The van der Waals surface area contributed by atoms with E-state index >= 15 is 0 Å². The van der Waals surface area contributed by atoms with Crippen LogP contribution in [0.25, 0.3) is 10.9 Å². The summed E-state index contributed by atoms with van der Waals surface area (Å²) in [6.45, 7) is 5.58. The topological polar surface area (TPSA) is 68.5 Å². The zero-order chi connectivity index (χ0) is 15.7. The summed E-state index contributed by atoms with van der Waals surface area (Å²) in [6, 6.07) is 5.33. The summed E-state index contributed by atoms with van der Waals surface area (Å²) >= 11 is 0. The van der Waals surface area contributed by atoms with Gasteiger partial charge in [0.1, 0.15) is 5.75 Å². The molecular formula is C16H19NO4. The summed E-state index contributed by atoms with van der Waals surface area (Å²) in [5, 5.41) is 9.46. The number of aryl methyl sites for hydroxylation is 1. The van der Waals surface area contributed by atoms with Gasteiger partial charge in [-0.1, -0.05) is 0 Å². The Morgan fingerprint density at radius 2 is 2.05 bits per heavy atom. The van der Waals surface area contributed by atoms with Crippen molar-refractivity contribution in [3.63, 3.8) is 0 Å². The van der Waals surface area contributed by atoms with Crippen LogP contribution in [0.5, 0.6) is 5.75 Å². The van der Waals surface area contributed by atoms with Gasteiger partial charge in [0.15, 0.2) is 5.43 Å². The summed E-state index contributed by atoms with van der Waals surface area (Å²) in [5.74, 6) is -0.399. The molecule has 1 aromatic carbocycles. The molecule has 0 aliphatic rings. The fourth-order valence-electron chi connectivity index (χ4n) is 2.40. The van der Waals surface area contributed by atoms with Gasteiger partial charge < -0.3 is 14.4 Å². The second kappa shape index (κ2) is 5.60. The van der Waals surface area contributed by atoms with Crippen molar-refractivity contribution in [2.75, 3.05) is 0 Å². The number of fused-ring (bicyclic) bond motifs is 1. The fraction of sp³-hybridized carbons (Fsp3) is 0.375. The molecule has 0 bridgehead atoms. The average Bonchev–Trinajstić information content (AvgIpc) is 2.40. The number of aromatic nitrogens is 1. The van der Waals surface area contributed by atoms with E-state index in [2.05, 4.69) is 0 Å². The molecule has 0 unspecified atom stereocenters. The molecule has 0 spiro atoms. The summed E-state index contributed by atoms with van der Waals surface area (Å²) in [4.78, 5) is 23.5. The molecule has 0 saturated carbocycles. The number of pyridine rings is 1. The van der Waals surface area contributed by atoms with E-state index in [0.29, 0.717) is 22.4 Å². The molecular weight excluding hydrogens is 270 g/mol. The molecule has 1 N–H and O–H groups in total. The number of ether oxygens (including phenoxy) is 1. The van der Waals surface area contributed by atoms with Gasteiger partial charge in [0.25, 0.3) is 0 Å².